The second-order valence-electron chi connectivity index (χ2n) is 5.92. The molecule has 0 aromatic heterocycles. The summed E-state index contributed by atoms with van der Waals surface area (Å²) >= 11 is 0. The molecule has 0 amide bonds. The number of likely N-dealkylation sites (N-methyl/N-ethyl adjacent to an activating group) is 1. The standard InChI is InChI=1S/C13H25N3/c1-15-5-7-16(8-6-15)13-4-2-3-11-9-14-10-12(11)13/h11-14H,2-10H2,1H3/t11-,12+,13-/m1/s1. The Kier molecular flexibility index (Phi) is 3.18. The molecule has 3 rings (SSSR count). The van der Waals surface area contributed by atoms with Crippen LogP contribution in [0, 0.1) is 11.8 Å². The second kappa shape index (κ2) is 4.63. The van der Waals surface area contributed by atoms with Crippen molar-refractivity contribution in [3.05, 3.63) is 0 Å². The molecule has 0 unspecified atom stereocenters. The molecule has 2 aliphatic heterocycles. The highest BCUT2D eigenvalue weighted by Crippen LogP contribution is 2.35. The molecule has 0 spiro atoms. The van der Waals surface area contributed by atoms with E-state index in [2.05, 4.69) is 22.2 Å². The Hall–Kier alpha value is -0.120. The van der Waals surface area contributed by atoms with Gasteiger partial charge in [0.05, 0.1) is 0 Å². The van der Waals surface area contributed by atoms with Gasteiger partial charge in [-0.2, -0.15) is 0 Å². The number of nitrogens with one attached hydrogen (secondary N) is 1. The van der Waals surface area contributed by atoms with Crippen LogP contribution >= 0.6 is 0 Å². The van der Waals surface area contributed by atoms with Gasteiger partial charge in [-0.15, -0.1) is 0 Å². The number of rotatable bonds is 1. The number of fused-ring (bicyclic) bond motifs is 1. The van der Waals surface area contributed by atoms with E-state index in [4.69, 9.17) is 0 Å². The lowest BCUT2D eigenvalue weighted by Gasteiger charge is -2.44. The molecule has 0 bridgehead atoms. The lowest BCUT2D eigenvalue weighted by atomic mass is 9.77. The highest BCUT2D eigenvalue weighted by atomic mass is 15.3. The highest BCUT2D eigenvalue weighted by molar-refractivity contribution is 4.95. The van der Waals surface area contributed by atoms with Crippen LogP contribution in [0.5, 0.6) is 0 Å². The highest BCUT2D eigenvalue weighted by Gasteiger charge is 2.39. The normalized spacial score (nSPS) is 42.2. The van der Waals surface area contributed by atoms with Crippen molar-refractivity contribution in [2.45, 2.75) is 25.3 Å². The summed E-state index contributed by atoms with van der Waals surface area (Å²) in [5.74, 6) is 1.94. The minimum atomic E-state index is 0.891. The molecule has 2 heterocycles. The van der Waals surface area contributed by atoms with Gasteiger partial charge in [-0.3, -0.25) is 4.90 Å². The maximum Gasteiger partial charge on any atom is 0.0140 e. The smallest absolute Gasteiger partial charge is 0.0140 e. The van der Waals surface area contributed by atoms with E-state index in [1.807, 2.05) is 0 Å². The second-order valence-corrected chi connectivity index (χ2v) is 5.92. The van der Waals surface area contributed by atoms with Crippen LogP contribution in [0.4, 0.5) is 0 Å². The molecule has 0 aromatic carbocycles. The SMILES string of the molecule is CN1CCN([C@@H]2CCC[C@@H]3CNC[C@@H]32)CC1. The lowest BCUT2D eigenvalue weighted by molar-refractivity contribution is 0.0494. The zero-order valence-electron chi connectivity index (χ0n) is 10.5. The van der Waals surface area contributed by atoms with Crippen LogP contribution < -0.4 is 5.32 Å². The van der Waals surface area contributed by atoms with Gasteiger partial charge < -0.3 is 10.2 Å². The Morgan fingerprint density at radius 1 is 1.00 bits per heavy atom. The average Bonchev–Trinajstić information content (AvgIpc) is 2.78. The Morgan fingerprint density at radius 3 is 2.62 bits per heavy atom. The minimum Gasteiger partial charge on any atom is -0.316 e. The molecule has 3 fully saturated rings. The fourth-order valence-electron chi connectivity index (χ4n) is 3.93. The number of nitrogens with zero attached hydrogens (tertiary/aromatic N) is 2. The van der Waals surface area contributed by atoms with Crippen molar-refractivity contribution < 1.29 is 0 Å². The first-order valence-electron chi connectivity index (χ1n) is 6.98. The summed E-state index contributed by atoms with van der Waals surface area (Å²) < 4.78 is 0. The van der Waals surface area contributed by atoms with E-state index in [1.165, 1.54) is 58.5 Å². The van der Waals surface area contributed by atoms with E-state index in [-0.39, 0.29) is 0 Å². The Balaban J connectivity index is 1.64. The molecule has 1 saturated carbocycles. The summed E-state index contributed by atoms with van der Waals surface area (Å²) in [5, 5.41) is 3.61. The number of hydrogen-bond acceptors (Lipinski definition) is 3. The quantitative estimate of drug-likeness (QED) is 0.703. The van der Waals surface area contributed by atoms with Crippen LogP contribution in [0.15, 0.2) is 0 Å². The van der Waals surface area contributed by atoms with E-state index >= 15 is 0 Å². The molecule has 2 saturated heterocycles. The molecule has 3 heteroatoms. The number of hydrogen-bond donors (Lipinski definition) is 1. The fraction of sp³-hybridized carbons (Fsp3) is 1.00. The van der Waals surface area contributed by atoms with E-state index in [9.17, 15) is 0 Å². The van der Waals surface area contributed by atoms with Gasteiger partial charge >= 0.3 is 0 Å². The third kappa shape index (κ3) is 2.01. The molecule has 3 aliphatic rings. The predicted molar refractivity (Wildman–Crippen MR) is 66.6 cm³/mol. The van der Waals surface area contributed by atoms with Crippen LogP contribution in [-0.4, -0.2) is 62.2 Å². The Bertz CT molecular complexity index is 235. The third-order valence-electron chi connectivity index (χ3n) is 4.97. The maximum absolute atomic E-state index is 3.61. The summed E-state index contributed by atoms with van der Waals surface area (Å²) in [4.78, 5) is 5.24. The summed E-state index contributed by atoms with van der Waals surface area (Å²) in [6.07, 6.45) is 4.38. The molecule has 16 heavy (non-hydrogen) atoms. The van der Waals surface area contributed by atoms with Crippen molar-refractivity contribution in [2.75, 3.05) is 46.3 Å². The first-order chi connectivity index (χ1) is 7.84. The Morgan fingerprint density at radius 2 is 1.81 bits per heavy atom. The van der Waals surface area contributed by atoms with Gasteiger partial charge in [0.2, 0.25) is 0 Å². The van der Waals surface area contributed by atoms with Crippen LogP contribution in [0.25, 0.3) is 0 Å². The molecule has 1 N–H and O–H groups in total. The van der Waals surface area contributed by atoms with Gasteiger partial charge in [0.25, 0.3) is 0 Å². The van der Waals surface area contributed by atoms with Crippen molar-refractivity contribution in [3.8, 4) is 0 Å². The fourth-order valence-corrected chi connectivity index (χ4v) is 3.93. The molecular weight excluding hydrogens is 198 g/mol. The summed E-state index contributed by atoms with van der Waals surface area (Å²) in [7, 11) is 2.25. The predicted octanol–water partition coefficient (Wildman–Crippen LogP) is 0.622. The van der Waals surface area contributed by atoms with Crippen LogP contribution in [-0.2, 0) is 0 Å². The molecule has 0 aromatic rings. The minimum absolute atomic E-state index is 0.891. The summed E-state index contributed by atoms with van der Waals surface area (Å²) in [5.41, 5.74) is 0. The van der Waals surface area contributed by atoms with E-state index in [0.29, 0.717) is 0 Å². The third-order valence-corrected chi connectivity index (χ3v) is 4.97. The zero-order chi connectivity index (χ0) is 11.0. The summed E-state index contributed by atoms with van der Waals surface area (Å²) in [6, 6.07) is 0.891. The van der Waals surface area contributed by atoms with Gasteiger partial charge in [-0.25, -0.2) is 0 Å². The summed E-state index contributed by atoms with van der Waals surface area (Å²) in [6.45, 7) is 7.69. The van der Waals surface area contributed by atoms with Gasteiger partial charge in [0.1, 0.15) is 0 Å². The van der Waals surface area contributed by atoms with Crippen molar-refractivity contribution in [1.29, 1.82) is 0 Å². The molecule has 3 nitrogen and oxygen atoms in total. The van der Waals surface area contributed by atoms with E-state index in [1.54, 1.807) is 0 Å². The van der Waals surface area contributed by atoms with Crippen molar-refractivity contribution in [3.63, 3.8) is 0 Å². The van der Waals surface area contributed by atoms with Crippen LogP contribution in [0.1, 0.15) is 19.3 Å². The zero-order valence-corrected chi connectivity index (χ0v) is 10.5. The van der Waals surface area contributed by atoms with Gasteiger partial charge in [-0.05, 0) is 44.8 Å². The maximum atomic E-state index is 3.61. The van der Waals surface area contributed by atoms with Crippen molar-refractivity contribution in [2.24, 2.45) is 11.8 Å². The number of piperazine rings is 1. The topological polar surface area (TPSA) is 18.5 Å². The van der Waals surface area contributed by atoms with Crippen molar-refractivity contribution >= 4 is 0 Å². The average molecular weight is 223 g/mol. The first kappa shape index (κ1) is 11.0. The molecular formula is C13H25N3. The molecule has 92 valence electrons. The molecule has 0 radical (unpaired) electrons. The largest absolute Gasteiger partial charge is 0.316 e. The van der Waals surface area contributed by atoms with E-state index < -0.39 is 0 Å². The first-order valence-corrected chi connectivity index (χ1v) is 6.98. The lowest BCUT2D eigenvalue weighted by Crippen LogP contribution is -2.53. The van der Waals surface area contributed by atoms with Crippen LogP contribution in [0.2, 0.25) is 0 Å². The molecule has 3 atom stereocenters. The van der Waals surface area contributed by atoms with Gasteiger partial charge in [0.15, 0.2) is 0 Å². The molecule has 1 aliphatic carbocycles. The van der Waals surface area contributed by atoms with E-state index in [0.717, 1.165) is 17.9 Å². The van der Waals surface area contributed by atoms with Gasteiger partial charge in [-0.1, -0.05) is 6.42 Å². The van der Waals surface area contributed by atoms with Crippen molar-refractivity contribution in [1.82, 2.24) is 15.1 Å². The van der Waals surface area contributed by atoms with Gasteiger partial charge in [0, 0.05) is 32.2 Å². The monoisotopic (exact) mass is 223 g/mol. The van der Waals surface area contributed by atoms with Crippen LogP contribution in [0.3, 0.4) is 0 Å². The Labute approximate surface area is 99.2 Å².